The first-order valence-corrected chi connectivity index (χ1v) is 8.21. The van der Waals surface area contributed by atoms with E-state index in [0.717, 1.165) is 10.5 Å². The Morgan fingerprint density at radius 3 is 2.61 bits per heavy atom. The molecule has 1 aromatic carbocycles. The summed E-state index contributed by atoms with van der Waals surface area (Å²) >= 11 is 1.47. The fourth-order valence-corrected chi connectivity index (χ4v) is 3.39. The van der Waals surface area contributed by atoms with E-state index in [1.165, 1.54) is 11.3 Å². The number of amides is 3. The smallest absolute Gasteiger partial charge is 0.319 e. The van der Waals surface area contributed by atoms with Crippen molar-refractivity contribution in [3.8, 4) is 0 Å². The summed E-state index contributed by atoms with van der Waals surface area (Å²) in [6.45, 7) is 1.77. The van der Waals surface area contributed by atoms with Crippen molar-refractivity contribution in [3.05, 3.63) is 58.3 Å². The van der Waals surface area contributed by atoms with Crippen LogP contribution in [0, 0.1) is 0 Å². The molecule has 1 aliphatic heterocycles. The molecule has 3 amide bonds. The van der Waals surface area contributed by atoms with Crippen molar-refractivity contribution < 1.29 is 14.4 Å². The van der Waals surface area contributed by atoms with Crippen molar-refractivity contribution in [2.24, 2.45) is 0 Å². The van der Waals surface area contributed by atoms with Crippen LogP contribution in [0.4, 0.5) is 4.79 Å². The number of imide groups is 1. The van der Waals surface area contributed by atoms with Crippen LogP contribution in [0.5, 0.6) is 0 Å². The lowest BCUT2D eigenvalue weighted by atomic mass is 9.95. The molecule has 1 aromatic heterocycles. The first-order valence-electron chi connectivity index (χ1n) is 7.27. The number of nitrogens with zero attached hydrogens (tertiary/aromatic N) is 1. The number of Topliss-reactive ketones (excluding diaryl/α,β-unsaturated/α-hetero) is 1. The number of carbonyl (C=O) groups is 3. The minimum atomic E-state index is -1.05. The molecular formula is C17H16N2O3S. The van der Waals surface area contributed by atoms with Gasteiger partial charge in [-0.3, -0.25) is 14.5 Å². The van der Waals surface area contributed by atoms with E-state index >= 15 is 0 Å². The molecule has 0 spiro atoms. The Morgan fingerprint density at radius 2 is 1.96 bits per heavy atom. The molecule has 1 N–H and O–H groups in total. The van der Waals surface area contributed by atoms with Gasteiger partial charge >= 0.3 is 6.03 Å². The van der Waals surface area contributed by atoms with Crippen molar-refractivity contribution >= 4 is 29.1 Å². The van der Waals surface area contributed by atoms with Crippen molar-refractivity contribution in [1.82, 2.24) is 10.2 Å². The maximum absolute atomic E-state index is 12.6. The highest BCUT2D eigenvalue weighted by Crippen LogP contribution is 2.30. The summed E-state index contributed by atoms with van der Waals surface area (Å²) < 4.78 is 0. The summed E-state index contributed by atoms with van der Waals surface area (Å²) in [6.07, 6.45) is 0.114. The Labute approximate surface area is 137 Å². The van der Waals surface area contributed by atoms with Gasteiger partial charge in [0.05, 0.1) is 0 Å². The van der Waals surface area contributed by atoms with E-state index in [-0.39, 0.29) is 24.7 Å². The Bertz CT molecular complexity index is 742. The van der Waals surface area contributed by atoms with E-state index in [9.17, 15) is 14.4 Å². The van der Waals surface area contributed by atoms with Crippen LogP contribution >= 0.6 is 11.3 Å². The molecule has 3 rings (SSSR count). The van der Waals surface area contributed by atoms with Gasteiger partial charge < -0.3 is 5.32 Å². The molecule has 0 radical (unpaired) electrons. The lowest BCUT2D eigenvalue weighted by Gasteiger charge is -2.20. The number of hydrogen-bond donors (Lipinski definition) is 1. The quantitative estimate of drug-likeness (QED) is 0.678. The second kappa shape index (κ2) is 5.96. The molecule has 1 aliphatic rings. The molecule has 1 atom stereocenters. The van der Waals surface area contributed by atoms with Gasteiger partial charge in [0.25, 0.3) is 5.91 Å². The molecule has 2 heterocycles. The normalized spacial score (nSPS) is 20.7. The van der Waals surface area contributed by atoms with Gasteiger partial charge in [-0.1, -0.05) is 30.3 Å². The number of ketones is 1. The first kappa shape index (κ1) is 15.4. The fourth-order valence-electron chi connectivity index (χ4n) is 2.63. The lowest BCUT2D eigenvalue weighted by molar-refractivity contribution is -0.131. The van der Waals surface area contributed by atoms with Crippen LogP contribution in [-0.2, 0) is 10.3 Å². The molecule has 5 nitrogen and oxygen atoms in total. The second-order valence-corrected chi connectivity index (χ2v) is 6.34. The third-order valence-electron chi connectivity index (χ3n) is 4.03. The summed E-state index contributed by atoms with van der Waals surface area (Å²) in [6, 6.07) is 10.2. The predicted molar refractivity (Wildman–Crippen MR) is 87.3 cm³/mol. The zero-order valence-electron chi connectivity index (χ0n) is 12.6. The predicted octanol–water partition coefficient (Wildman–Crippen LogP) is 2.79. The van der Waals surface area contributed by atoms with Crippen molar-refractivity contribution in [1.29, 1.82) is 0 Å². The molecule has 1 fully saturated rings. The Kier molecular flexibility index (Phi) is 4.00. The average Bonchev–Trinajstić information content (AvgIpc) is 3.16. The van der Waals surface area contributed by atoms with Gasteiger partial charge in [0.1, 0.15) is 5.54 Å². The zero-order chi connectivity index (χ0) is 16.4. The van der Waals surface area contributed by atoms with E-state index in [2.05, 4.69) is 5.32 Å². The van der Waals surface area contributed by atoms with Crippen molar-refractivity contribution in [3.63, 3.8) is 0 Å². The molecule has 2 aromatic rings. The van der Waals surface area contributed by atoms with Crippen LogP contribution in [0.2, 0.25) is 0 Å². The second-order valence-electron chi connectivity index (χ2n) is 5.56. The van der Waals surface area contributed by atoms with E-state index in [0.29, 0.717) is 5.56 Å². The number of rotatable bonds is 5. The van der Waals surface area contributed by atoms with Gasteiger partial charge in [-0.05, 0) is 29.3 Å². The molecule has 0 saturated carbocycles. The first-order chi connectivity index (χ1) is 11.0. The summed E-state index contributed by atoms with van der Waals surface area (Å²) in [7, 11) is 0. The molecule has 1 saturated heterocycles. The highest BCUT2D eigenvalue weighted by molar-refractivity contribution is 7.08. The SMILES string of the molecule is C[C@@]1(c2ccsc2)NC(=O)N(CCC(=O)c2ccccc2)C1=O. The van der Waals surface area contributed by atoms with Gasteiger partial charge in [0.2, 0.25) is 0 Å². The number of carbonyl (C=O) groups excluding carboxylic acids is 3. The molecule has 23 heavy (non-hydrogen) atoms. The maximum atomic E-state index is 12.6. The number of urea groups is 1. The Morgan fingerprint density at radius 1 is 1.22 bits per heavy atom. The zero-order valence-corrected chi connectivity index (χ0v) is 13.4. The summed E-state index contributed by atoms with van der Waals surface area (Å²) in [5, 5.41) is 6.44. The minimum absolute atomic E-state index is 0.0815. The Hall–Kier alpha value is -2.47. The highest BCUT2D eigenvalue weighted by Gasteiger charge is 2.48. The highest BCUT2D eigenvalue weighted by atomic mass is 32.1. The van der Waals surface area contributed by atoms with Gasteiger partial charge in [0.15, 0.2) is 5.78 Å². The minimum Gasteiger partial charge on any atom is -0.319 e. The molecule has 0 bridgehead atoms. The number of benzene rings is 1. The molecule has 6 heteroatoms. The molecule has 118 valence electrons. The van der Waals surface area contributed by atoms with Gasteiger partial charge in [-0.25, -0.2) is 4.79 Å². The standard InChI is InChI=1S/C17H16N2O3S/c1-17(13-8-10-23-11-13)15(21)19(16(22)18-17)9-7-14(20)12-5-3-2-4-6-12/h2-6,8,10-11H,7,9H2,1H3,(H,18,22)/t17-/m0/s1. The molecular weight excluding hydrogens is 312 g/mol. The van der Waals surface area contributed by atoms with Crippen LogP contribution in [0.1, 0.15) is 29.3 Å². The van der Waals surface area contributed by atoms with Gasteiger partial charge in [0, 0.05) is 18.5 Å². The maximum Gasteiger partial charge on any atom is 0.325 e. The van der Waals surface area contributed by atoms with E-state index in [1.54, 1.807) is 31.2 Å². The van der Waals surface area contributed by atoms with E-state index in [1.807, 2.05) is 22.9 Å². The average molecular weight is 328 g/mol. The largest absolute Gasteiger partial charge is 0.325 e. The van der Waals surface area contributed by atoms with E-state index in [4.69, 9.17) is 0 Å². The summed E-state index contributed by atoms with van der Waals surface area (Å²) in [5.74, 6) is -0.405. The summed E-state index contributed by atoms with van der Waals surface area (Å²) in [5.41, 5.74) is 0.297. The van der Waals surface area contributed by atoms with E-state index < -0.39 is 11.6 Å². The van der Waals surface area contributed by atoms with Gasteiger partial charge in [-0.2, -0.15) is 11.3 Å². The topological polar surface area (TPSA) is 66.5 Å². The number of thiophene rings is 1. The summed E-state index contributed by atoms with van der Waals surface area (Å²) in [4.78, 5) is 38.0. The van der Waals surface area contributed by atoms with Crippen molar-refractivity contribution in [2.45, 2.75) is 18.9 Å². The number of hydrogen-bond acceptors (Lipinski definition) is 4. The third-order valence-corrected chi connectivity index (χ3v) is 4.71. The molecule has 0 unspecified atom stereocenters. The van der Waals surface area contributed by atoms with Crippen molar-refractivity contribution in [2.75, 3.05) is 6.54 Å². The third kappa shape index (κ3) is 2.77. The van der Waals surface area contributed by atoms with Crippen LogP contribution in [-0.4, -0.2) is 29.2 Å². The van der Waals surface area contributed by atoms with Crippen LogP contribution in [0.15, 0.2) is 47.2 Å². The lowest BCUT2D eigenvalue weighted by Crippen LogP contribution is -2.40. The number of nitrogens with one attached hydrogen (secondary N) is 1. The monoisotopic (exact) mass is 328 g/mol. The van der Waals surface area contributed by atoms with Crippen LogP contribution in [0.3, 0.4) is 0 Å². The van der Waals surface area contributed by atoms with Gasteiger partial charge in [-0.15, -0.1) is 0 Å². The van der Waals surface area contributed by atoms with Crippen LogP contribution in [0.25, 0.3) is 0 Å². The molecule has 0 aliphatic carbocycles. The Balaban J connectivity index is 1.71. The van der Waals surface area contributed by atoms with Crippen LogP contribution < -0.4 is 5.32 Å². The fraction of sp³-hybridized carbons (Fsp3) is 0.235.